The summed E-state index contributed by atoms with van der Waals surface area (Å²) in [5, 5.41) is 39.4. The molecule has 15 nitrogen and oxygen atoms in total. The van der Waals surface area contributed by atoms with Crippen molar-refractivity contribution in [1.82, 2.24) is 30.5 Å². The lowest BCUT2D eigenvalue weighted by Gasteiger charge is -2.32. The lowest BCUT2D eigenvalue weighted by atomic mass is 9.97. The van der Waals surface area contributed by atoms with Crippen LogP contribution in [-0.2, 0) is 50.4 Å². The van der Waals surface area contributed by atoms with Crippen LogP contribution < -0.4 is 0 Å². The van der Waals surface area contributed by atoms with Gasteiger partial charge >= 0.3 is 12.1 Å². The van der Waals surface area contributed by atoms with Gasteiger partial charge in [-0.15, -0.1) is 15.0 Å². The van der Waals surface area contributed by atoms with Gasteiger partial charge in [-0.25, -0.2) is 14.4 Å². The Hall–Kier alpha value is -5.22. The summed E-state index contributed by atoms with van der Waals surface area (Å²) in [5.74, 6) is -1.17. The minimum absolute atomic E-state index is 0.0953. The van der Waals surface area contributed by atoms with E-state index in [2.05, 4.69) is 20.2 Å². The van der Waals surface area contributed by atoms with E-state index < -0.39 is 18.2 Å². The largest absolute Gasteiger partial charge is 0.510 e. The molecule has 0 aliphatic heterocycles. The molecule has 0 fully saturated rings. The van der Waals surface area contributed by atoms with Crippen molar-refractivity contribution >= 4 is 18.0 Å². The molecule has 260 valence electrons. The Balaban J connectivity index is 1.40. The number of unbranched alkanes of at least 4 members (excludes halogenated alkanes) is 1. The van der Waals surface area contributed by atoms with Crippen LogP contribution in [0, 0.1) is 5.92 Å². The number of hydrogen-bond donors (Lipinski definition) is 3. The second-order valence-corrected chi connectivity index (χ2v) is 11.5. The van der Waals surface area contributed by atoms with Crippen LogP contribution in [0.1, 0.15) is 56.7 Å². The molecule has 1 atom stereocenters. The minimum atomic E-state index is -1.03. The Labute approximate surface area is 283 Å². The first-order chi connectivity index (χ1) is 23.5. The fourth-order valence-corrected chi connectivity index (χ4v) is 5.15. The molecule has 3 aromatic carbocycles. The van der Waals surface area contributed by atoms with E-state index in [-0.39, 0.29) is 43.7 Å². The first-order valence-corrected chi connectivity index (χ1v) is 15.7. The molecule has 0 radical (unpaired) electrons. The summed E-state index contributed by atoms with van der Waals surface area (Å²) in [7, 11) is 0. The van der Waals surface area contributed by atoms with Crippen LogP contribution in [0.2, 0.25) is 0 Å². The summed E-state index contributed by atoms with van der Waals surface area (Å²) in [6.45, 7) is 5.22. The van der Waals surface area contributed by atoms with Crippen LogP contribution in [-0.4, -0.2) is 70.1 Å². The van der Waals surface area contributed by atoms with Gasteiger partial charge in [0.05, 0.1) is 12.0 Å². The monoisotopic (exact) mass is 676 g/mol. The van der Waals surface area contributed by atoms with Gasteiger partial charge in [-0.3, -0.25) is 15.2 Å². The molecule has 0 spiro atoms. The highest BCUT2D eigenvalue weighted by Crippen LogP contribution is 2.30. The third-order valence-electron chi connectivity index (χ3n) is 7.52. The number of carbonyl (C=O) groups is 3. The van der Waals surface area contributed by atoms with Crippen molar-refractivity contribution in [2.24, 2.45) is 5.92 Å². The fraction of sp³-hybridized carbons (Fsp3) is 0.353. The van der Waals surface area contributed by atoms with E-state index in [4.69, 9.17) is 19.9 Å². The molecule has 0 saturated carbocycles. The summed E-state index contributed by atoms with van der Waals surface area (Å²) in [5.41, 5.74) is 4.39. The van der Waals surface area contributed by atoms with Gasteiger partial charge in [-0.05, 0) is 45.4 Å². The van der Waals surface area contributed by atoms with Crippen molar-refractivity contribution in [3.05, 3.63) is 89.5 Å². The lowest BCUT2D eigenvalue weighted by molar-refractivity contribution is -0.497. The molecule has 0 bridgehead atoms. The van der Waals surface area contributed by atoms with Gasteiger partial charge in [0.2, 0.25) is 18.5 Å². The normalized spacial score (nSPS) is 11.8. The highest BCUT2D eigenvalue weighted by Gasteiger charge is 2.32. The number of carboxylic acid groups (broad SMARTS) is 1. The van der Waals surface area contributed by atoms with Crippen LogP contribution in [0.15, 0.2) is 72.8 Å². The molecule has 0 unspecified atom stereocenters. The zero-order chi connectivity index (χ0) is 35.3. The number of tetrazole rings is 1. The van der Waals surface area contributed by atoms with Crippen LogP contribution in [0.25, 0.3) is 22.5 Å². The van der Waals surface area contributed by atoms with Gasteiger partial charge in [-0.1, -0.05) is 100.0 Å². The molecule has 1 amide bonds. The number of carbonyl (C=O) groups excluding carboxylic acids is 2. The van der Waals surface area contributed by atoms with E-state index in [0.29, 0.717) is 35.4 Å². The molecule has 0 saturated heterocycles. The third kappa shape index (κ3) is 10.6. The van der Waals surface area contributed by atoms with E-state index in [1.54, 1.807) is 38.1 Å². The number of nitrogens with zero attached hydrogens (tertiary/aromatic N) is 6. The molecule has 1 heterocycles. The zero-order valence-corrected chi connectivity index (χ0v) is 27.5. The van der Waals surface area contributed by atoms with Gasteiger partial charge in [0.15, 0.2) is 0 Å². The number of aromatic nitrogens is 4. The molecule has 0 aliphatic rings. The molecule has 3 N–H and O–H groups in total. The Kier molecular flexibility index (Phi) is 13.3. The topological polar surface area (TPSA) is 190 Å². The smallest absolute Gasteiger partial charge is 0.480 e. The predicted molar refractivity (Wildman–Crippen MR) is 173 cm³/mol. The Morgan fingerprint density at radius 2 is 1.57 bits per heavy atom. The number of aliphatic carboxylic acids is 1. The molecule has 0 aliphatic carbocycles. The first-order valence-electron chi connectivity index (χ1n) is 15.7. The van der Waals surface area contributed by atoms with E-state index in [0.717, 1.165) is 27.9 Å². The molecule has 4 aromatic rings. The maximum Gasteiger partial charge on any atom is 0.510 e. The first kappa shape index (κ1) is 36.6. The maximum atomic E-state index is 13.1. The highest BCUT2D eigenvalue weighted by molar-refractivity contribution is 5.84. The van der Waals surface area contributed by atoms with Crippen molar-refractivity contribution in [3.63, 3.8) is 0 Å². The van der Waals surface area contributed by atoms with Gasteiger partial charge < -0.3 is 19.5 Å². The number of ether oxygens (including phenoxy) is 2. The Morgan fingerprint density at radius 1 is 0.878 bits per heavy atom. The van der Waals surface area contributed by atoms with Crippen molar-refractivity contribution in [3.8, 4) is 22.5 Å². The average molecular weight is 677 g/mol. The third-order valence-corrected chi connectivity index (χ3v) is 7.52. The quantitative estimate of drug-likeness (QED) is 0.0945. The van der Waals surface area contributed by atoms with Crippen molar-refractivity contribution in [2.75, 3.05) is 0 Å². The van der Waals surface area contributed by atoms with E-state index in [9.17, 15) is 19.5 Å². The minimum Gasteiger partial charge on any atom is -0.480 e. The second kappa shape index (κ2) is 17.8. The van der Waals surface area contributed by atoms with Gasteiger partial charge in [0, 0.05) is 18.5 Å². The van der Waals surface area contributed by atoms with Crippen LogP contribution in [0.3, 0.4) is 0 Å². The summed E-state index contributed by atoms with van der Waals surface area (Å²) >= 11 is 0. The summed E-state index contributed by atoms with van der Waals surface area (Å²) in [6.07, 6.45) is 0.867. The van der Waals surface area contributed by atoms with Gasteiger partial charge in [0.1, 0.15) is 12.6 Å². The van der Waals surface area contributed by atoms with Crippen LogP contribution in [0.4, 0.5) is 4.79 Å². The summed E-state index contributed by atoms with van der Waals surface area (Å²) in [6, 6.07) is 20.8. The predicted octanol–water partition coefficient (Wildman–Crippen LogP) is 5.46. The van der Waals surface area contributed by atoms with Crippen molar-refractivity contribution < 1.29 is 44.2 Å². The fourth-order valence-electron chi connectivity index (χ4n) is 5.15. The van der Waals surface area contributed by atoms with E-state index in [1.807, 2.05) is 55.5 Å². The number of amides is 1. The van der Waals surface area contributed by atoms with Crippen molar-refractivity contribution in [1.29, 1.82) is 0 Å². The SMILES string of the molecule is CCCCC(=O)N(Cc1ccc(-c2ccccc2-c2nnn(COC(=O)OCc3cccc(CON(O)O)c3)n2)cc1)[C@H](C(=O)O)C(C)C. The number of hydrogen-bond acceptors (Lipinski definition) is 12. The second-order valence-electron chi connectivity index (χ2n) is 11.5. The van der Waals surface area contributed by atoms with Gasteiger partial charge in [-0.2, -0.15) is 0 Å². The standard InChI is InChI=1S/C34H40N6O9/c1-4-5-13-30(41)38(31(23(2)3)33(42)43)19-24-14-16-27(17-15-24)28-11-6-7-12-29(28)32-35-37-39(36-32)22-48-34(44)47-20-25-9-8-10-26(18-25)21-49-40(45)46/h6-12,14-18,23,31,45-46H,4-5,13,19-22H2,1-3H3,(H,42,43)/t31-/m0/s1. The molecular weight excluding hydrogens is 636 g/mol. The van der Waals surface area contributed by atoms with E-state index >= 15 is 0 Å². The highest BCUT2D eigenvalue weighted by atomic mass is 17.1. The molecule has 49 heavy (non-hydrogen) atoms. The molecule has 15 heteroatoms. The maximum absolute atomic E-state index is 13.1. The number of rotatable bonds is 17. The number of carboxylic acids is 1. The zero-order valence-electron chi connectivity index (χ0n) is 27.5. The Bertz CT molecular complexity index is 1690. The number of benzene rings is 3. The molecule has 4 rings (SSSR count). The molecular formula is C34H40N6O9. The van der Waals surface area contributed by atoms with Crippen LogP contribution >= 0.6 is 0 Å². The molecule has 1 aromatic heterocycles. The van der Waals surface area contributed by atoms with Gasteiger partial charge in [0.25, 0.3) is 0 Å². The summed E-state index contributed by atoms with van der Waals surface area (Å²) < 4.78 is 10.3. The summed E-state index contributed by atoms with van der Waals surface area (Å²) in [4.78, 5) is 44.5. The average Bonchev–Trinajstić information content (AvgIpc) is 3.57. The van der Waals surface area contributed by atoms with Crippen molar-refractivity contribution in [2.45, 2.75) is 72.6 Å². The lowest BCUT2D eigenvalue weighted by Crippen LogP contribution is -2.47. The van der Waals surface area contributed by atoms with E-state index in [1.165, 1.54) is 4.90 Å². The Morgan fingerprint density at radius 3 is 2.22 bits per heavy atom. The van der Waals surface area contributed by atoms with Crippen LogP contribution in [0.5, 0.6) is 0 Å².